The molecular formula is C92H50O3S. The maximum absolute atomic E-state index is 7.17. The molecule has 22 rings (SSSR count). The van der Waals surface area contributed by atoms with Gasteiger partial charge in [0, 0.05) is 68.8 Å². The molecule has 0 radical (unpaired) electrons. The Balaban J connectivity index is 0.666. The van der Waals surface area contributed by atoms with Gasteiger partial charge in [0.15, 0.2) is 0 Å². The number of thiophene rings is 1. The fraction of sp³-hybridized carbons (Fsp3) is 0. The minimum absolute atomic E-state index is 0.852. The van der Waals surface area contributed by atoms with Crippen LogP contribution in [0.1, 0.15) is 0 Å². The summed E-state index contributed by atoms with van der Waals surface area (Å²) in [7, 11) is 0. The predicted octanol–water partition coefficient (Wildman–Crippen LogP) is 27.3. The Hall–Kier alpha value is -12.3. The first-order valence-corrected chi connectivity index (χ1v) is 33.8. The average Bonchev–Trinajstić information content (AvgIpc) is 1.50. The van der Waals surface area contributed by atoms with Crippen molar-refractivity contribution < 1.29 is 13.3 Å². The molecule has 0 saturated carbocycles. The highest BCUT2D eigenvalue weighted by atomic mass is 32.1. The van der Waals surface area contributed by atoms with Gasteiger partial charge in [-0.1, -0.05) is 243 Å². The molecule has 4 aromatic heterocycles. The van der Waals surface area contributed by atoms with E-state index in [-0.39, 0.29) is 0 Å². The van der Waals surface area contributed by atoms with Crippen LogP contribution in [0, 0.1) is 0 Å². The van der Waals surface area contributed by atoms with Crippen molar-refractivity contribution in [2.75, 3.05) is 0 Å². The molecule has 4 heteroatoms. The number of fused-ring (bicyclic) bond motifs is 26. The summed E-state index contributed by atoms with van der Waals surface area (Å²) in [5, 5.41) is 28.2. The van der Waals surface area contributed by atoms with Gasteiger partial charge in [0.1, 0.15) is 33.5 Å². The molecule has 0 aliphatic rings. The van der Waals surface area contributed by atoms with Crippen molar-refractivity contribution in [2.45, 2.75) is 0 Å². The molecule has 4 heterocycles. The van der Waals surface area contributed by atoms with Gasteiger partial charge in [0.25, 0.3) is 0 Å². The maximum atomic E-state index is 7.17. The second kappa shape index (κ2) is 19.6. The monoisotopic (exact) mass is 1230 g/mol. The number of hydrogen-bond acceptors (Lipinski definition) is 4. The molecule has 0 N–H and O–H groups in total. The molecule has 96 heavy (non-hydrogen) atoms. The lowest BCUT2D eigenvalue weighted by molar-refractivity contribution is 0.670. The standard InChI is InChI=1S/C92H50O3S/c1-4-22-61-57(18-1)58-19-2-13-31-71(58)91-88(61)74-42-37-54(49-80(74)94-91)86-66-27-9-5-23-62(66)84(63-24-6-10-28-67(63)86)52-39-44-79-77(47-52)73-34-17-33-56(90(73)93-79)51-36-41-70-76(46-51)59-20-3-14-32-72(59)92-89(70)75-43-38-55(50-81(75)95-92)87-68-29-11-7-25-64(68)85(65-26-8-12-30-69(65)87)53-40-45-83-78(48-53)60-21-15-16-35-82(60)96-83/h1-50H. The fourth-order valence-electron chi connectivity index (χ4n) is 16.9. The van der Waals surface area contributed by atoms with Crippen molar-refractivity contribution in [1.29, 1.82) is 0 Å². The zero-order valence-corrected chi connectivity index (χ0v) is 52.3. The Kier molecular flexibility index (Phi) is 10.7. The first-order chi connectivity index (χ1) is 47.6. The summed E-state index contributed by atoms with van der Waals surface area (Å²) in [6.07, 6.45) is 0. The lowest BCUT2D eigenvalue weighted by Crippen LogP contribution is -1.90. The van der Waals surface area contributed by atoms with Crippen molar-refractivity contribution in [3.63, 3.8) is 0 Å². The van der Waals surface area contributed by atoms with Crippen LogP contribution in [0.15, 0.2) is 317 Å². The quantitative estimate of drug-likeness (QED) is 0.127. The topological polar surface area (TPSA) is 39.4 Å². The molecule has 3 nitrogen and oxygen atoms in total. The minimum Gasteiger partial charge on any atom is -0.455 e. The number of hydrogen-bond donors (Lipinski definition) is 0. The van der Waals surface area contributed by atoms with Crippen molar-refractivity contribution in [2.24, 2.45) is 0 Å². The van der Waals surface area contributed by atoms with E-state index < -0.39 is 0 Å². The summed E-state index contributed by atoms with van der Waals surface area (Å²) >= 11 is 1.86. The summed E-state index contributed by atoms with van der Waals surface area (Å²) in [5.41, 5.74) is 16.9. The van der Waals surface area contributed by atoms with E-state index in [1.54, 1.807) is 0 Å². The van der Waals surface area contributed by atoms with E-state index in [0.717, 1.165) is 115 Å². The summed E-state index contributed by atoms with van der Waals surface area (Å²) in [5.74, 6) is 0. The normalized spacial score (nSPS) is 12.4. The van der Waals surface area contributed by atoms with Crippen LogP contribution in [0.5, 0.6) is 0 Å². The molecule has 0 aliphatic carbocycles. The highest BCUT2D eigenvalue weighted by molar-refractivity contribution is 7.25. The van der Waals surface area contributed by atoms with Gasteiger partial charge in [-0.2, -0.15) is 0 Å². The minimum atomic E-state index is 0.852. The van der Waals surface area contributed by atoms with Gasteiger partial charge in [0.05, 0.1) is 0 Å². The molecule has 0 saturated heterocycles. The van der Waals surface area contributed by atoms with Crippen molar-refractivity contribution >= 4 is 184 Å². The van der Waals surface area contributed by atoms with Crippen LogP contribution in [0.3, 0.4) is 0 Å². The Labute approximate surface area is 552 Å². The highest BCUT2D eigenvalue weighted by Gasteiger charge is 2.25. The largest absolute Gasteiger partial charge is 0.455 e. The number of furan rings is 3. The van der Waals surface area contributed by atoms with Gasteiger partial charge >= 0.3 is 0 Å². The van der Waals surface area contributed by atoms with Crippen molar-refractivity contribution in [3.05, 3.63) is 303 Å². The summed E-state index contributed by atoms with van der Waals surface area (Å²) in [4.78, 5) is 0. The molecule has 18 aromatic carbocycles. The molecular weight excluding hydrogens is 1190 g/mol. The Bertz CT molecular complexity index is 7100. The van der Waals surface area contributed by atoms with Crippen LogP contribution in [0.2, 0.25) is 0 Å². The van der Waals surface area contributed by atoms with E-state index in [2.05, 4.69) is 303 Å². The first kappa shape index (κ1) is 52.2. The first-order valence-electron chi connectivity index (χ1n) is 32.9. The smallest absolute Gasteiger partial charge is 0.143 e. The Morgan fingerprint density at radius 2 is 0.510 bits per heavy atom. The highest BCUT2D eigenvalue weighted by Crippen LogP contribution is 2.51. The molecule has 0 fully saturated rings. The van der Waals surface area contributed by atoms with Gasteiger partial charge < -0.3 is 13.3 Å². The van der Waals surface area contributed by atoms with Crippen LogP contribution in [-0.2, 0) is 0 Å². The molecule has 0 amide bonds. The van der Waals surface area contributed by atoms with Gasteiger partial charge in [-0.05, 0) is 186 Å². The molecule has 442 valence electrons. The third kappa shape index (κ3) is 7.25. The molecule has 0 spiro atoms. The second-order valence-corrected chi connectivity index (χ2v) is 27.0. The van der Waals surface area contributed by atoms with Gasteiger partial charge in [-0.15, -0.1) is 11.3 Å². The van der Waals surface area contributed by atoms with Crippen LogP contribution >= 0.6 is 11.3 Å². The molecule has 0 unspecified atom stereocenters. The number of para-hydroxylation sites is 1. The van der Waals surface area contributed by atoms with Gasteiger partial charge in [-0.25, -0.2) is 0 Å². The zero-order chi connectivity index (χ0) is 62.4. The summed E-state index contributed by atoms with van der Waals surface area (Å²) < 4.78 is 23.8. The average molecular weight is 1240 g/mol. The van der Waals surface area contributed by atoms with E-state index in [4.69, 9.17) is 13.3 Å². The summed E-state index contributed by atoms with van der Waals surface area (Å²) in [6, 6.07) is 112. The van der Waals surface area contributed by atoms with Crippen molar-refractivity contribution in [3.8, 4) is 55.6 Å². The maximum Gasteiger partial charge on any atom is 0.143 e. The lowest BCUT2D eigenvalue weighted by atomic mass is 9.85. The van der Waals surface area contributed by atoms with E-state index in [0.29, 0.717) is 0 Å². The predicted molar refractivity (Wildman–Crippen MR) is 408 cm³/mol. The van der Waals surface area contributed by atoms with Gasteiger partial charge in [0.2, 0.25) is 0 Å². The fourth-order valence-corrected chi connectivity index (χ4v) is 18.0. The lowest BCUT2D eigenvalue weighted by Gasteiger charge is -2.18. The van der Waals surface area contributed by atoms with Crippen LogP contribution in [0.25, 0.3) is 228 Å². The molecule has 22 aromatic rings. The number of benzene rings is 18. The van der Waals surface area contributed by atoms with Crippen LogP contribution in [0.4, 0.5) is 0 Å². The third-order valence-corrected chi connectivity index (χ3v) is 22.1. The van der Waals surface area contributed by atoms with E-state index in [1.165, 1.54) is 113 Å². The Morgan fingerprint density at radius 3 is 1.04 bits per heavy atom. The number of rotatable bonds is 5. The third-order valence-electron chi connectivity index (χ3n) is 21.0. The second-order valence-electron chi connectivity index (χ2n) is 25.9. The summed E-state index contributed by atoms with van der Waals surface area (Å²) in [6.45, 7) is 0. The van der Waals surface area contributed by atoms with Crippen molar-refractivity contribution in [1.82, 2.24) is 0 Å². The van der Waals surface area contributed by atoms with E-state index >= 15 is 0 Å². The van der Waals surface area contributed by atoms with Crippen LogP contribution < -0.4 is 0 Å². The molecule has 0 atom stereocenters. The van der Waals surface area contributed by atoms with E-state index in [1.807, 2.05) is 11.3 Å². The Morgan fingerprint density at radius 1 is 0.177 bits per heavy atom. The SMILES string of the molecule is c1ccc2c(c1)sc1ccc(-c3c4ccccc4c(-c4ccc5c(c4)oc4c6ccccc6c6cc(-c7cccc8c7oc7ccc(-c9c%10ccccc%10c(-c%10ccc%11c(c%10)oc%10c%12ccccc%12c%12ccccc%12c%11%10)c%10ccccc9%10)cc78)ccc6c54)c4ccccc34)cc12. The van der Waals surface area contributed by atoms with Crippen LogP contribution in [-0.4, -0.2) is 0 Å². The molecule has 0 bridgehead atoms. The van der Waals surface area contributed by atoms with Gasteiger partial charge in [-0.3, -0.25) is 0 Å². The molecule has 0 aliphatic heterocycles. The van der Waals surface area contributed by atoms with E-state index in [9.17, 15) is 0 Å². The zero-order valence-electron chi connectivity index (χ0n) is 51.5.